The van der Waals surface area contributed by atoms with Crippen LogP contribution in [-0.4, -0.2) is 65.4 Å². The Morgan fingerprint density at radius 1 is 1.04 bits per heavy atom. The molecule has 5 aromatic rings. The molecule has 0 bridgehead atoms. The Bertz CT molecular complexity index is 2260. The average molecular weight is 723 g/mol. The van der Waals surface area contributed by atoms with Crippen LogP contribution in [0.1, 0.15) is 71.9 Å². The summed E-state index contributed by atoms with van der Waals surface area (Å²) in [5.41, 5.74) is 6.89. The van der Waals surface area contributed by atoms with Crippen LogP contribution in [0.3, 0.4) is 0 Å². The van der Waals surface area contributed by atoms with Crippen LogP contribution in [0.25, 0.3) is 42.7 Å². The number of amides is 3. The molecule has 1 aliphatic carbocycles. The van der Waals surface area contributed by atoms with E-state index >= 15 is 0 Å². The van der Waals surface area contributed by atoms with E-state index in [9.17, 15) is 18.8 Å². The molecule has 52 heavy (non-hydrogen) atoms. The molecule has 8 rings (SSSR count). The first-order valence-electron chi connectivity index (χ1n) is 17.9. The fraction of sp³-hybridized carbons (Fsp3) is 0.390. The number of halogens is 1. The molecule has 2 aliphatic heterocycles. The Hall–Kier alpha value is -4.90. The highest BCUT2D eigenvalue weighted by Gasteiger charge is 2.33. The summed E-state index contributed by atoms with van der Waals surface area (Å²) < 4.78 is 29.6. The molecular weight excluding hydrogens is 680 g/mol. The smallest absolute Gasteiger partial charge is 0.407 e. The van der Waals surface area contributed by atoms with Crippen molar-refractivity contribution in [3.63, 3.8) is 0 Å². The number of likely N-dealkylation sites (tertiary alicyclic amines) is 1. The van der Waals surface area contributed by atoms with Gasteiger partial charge >= 0.3 is 6.09 Å². The molecule has 2 atom stereocenters. The number of alkyl carbamates (subject to hydrolysis) is 1. The van der Waals surface area contributed by atoms with Crippen molar-refractivity contribution in [2.45, 2.75) is 77.9 Å². The van der Waals surface area contributed by atoms with Crippen LogP contribution < -0.4 is 15.4 Å². The van der Waals surface area contributed by atoms with E-state index in [0.717, 1.165) is 65.9 Å². The number of piperidine rings is 1. The minimum Gasteiger partial charge on any atom is -0.496 e. The molecule has 3 aromatic carbocycles. The van der Waals surface area contributed by atoms with Gasteiger partial charge < -0.3 is 29.6 Å². The van der Waals surface area contributed by atoms with E-state index in [1.165, 1.54) is 17.7 Å². The Morgan fingerprint density at radius 2 is 1.81 bits per heavy atom. The summed E-state index contributed by atoms with van der Waals surface area (Å²) in [6.45, 7) is 9.00. The van der Waals surface area contributed by atoms with Gasteiger partial charge in [-0.05, 0) is 99.0 Å². The summed E-state index contributed by atoms with van der Waals surface area (Å²) in [6.07, 6.45) is 0.604. The second kappa shape index (κ2) is 12.9. The normalized spacial score (nSPS) is 18.8. The molecule has 2 fully saturated rings. The summed E-state index contributed by atoms with van der Waals surface area (Å²) >= 11 is 1.63. The number of hydrogen-bond acceptors (Lipinski definition) is 6. The lowest BCUT2D eigenvalue weighted by atomic mass is 9.99. The number of methoxy groups -OCH3 is 1. The first-order chi connectivity index (χ1) is 24.8. The predicted molar refractivity (Wildman–Crippen MR) is 202 cm³/mol. The molecule has 9 nitrogen and oxygen atoms in total. The third-order valence-electron chi connectivity index (χ3n) is 10.3. The Kier molecular flexibility index (Phi) is 8.52. The maximum absolute atomic E-state index is 15.0. The number of rotatable bonds is 7. The Labute approximate surface area is 306 Å². The van der Waals surface area contributed by atoms with Gasteiger partial charge in [0.05, 0.1) is 30.3 Å². The van der Waals surface area contributed by atoms with Gasteiger partial charge in [-0.3, -0.25) is 9.59 Å². The quantitative estimate of drug-likeness (QED) is 0.176. The van der Waals surface area contributed by atoms with E-state index in [4.69, 9.17) is 9.47 Å². The zero-order valence-corrected chi connectivity index (χ0v) is 30.9. The minimum absolute atomic E-state index is 0.0280. The maximum Gasteiger partial charge on any atom is 0.407 e. The van der Waals surface area contributed by atoms with Crippen LogP contribution >= 0.6 is 11.3 Å². The lowest BCUT2D eigenvalue weighted by Crippen LogP contribution is -2.54. The van der Waals surface area contributed by atoms with Gasteiger partial charge in [0.1, 0.15) is 17.5 Å². The van der Waals surface area contributed by atoms with Gasteiger partial charge in [0.2, 0.25) is 0 Å². The number of ether oxygens (including phenoxy) is 2. The van der Waals surface area contributed by atoms with E-state index in [0.29, 0.717) is 23.8 Å². The molecule has 0 spiro atoms. The Morgan fingerprint density at radius 3 is 2.56 bits per heavy atom. The molecule has 11 heteroatoms. The SMILES string of the molecule is COc1cc(C(=O)N2C[C@H](F)C[C@@H](NC(=O)OC(C)(C)C)C2)cc2sc(-c3cc4ccc(-c5ccc6c(c5)C(=O)NC6)cc4n3CC3CC3)c(C)c12. The number of nitrogens with one attached hydrogen (secondary N) is 2. The van der Waals surface area contributed by atoms with Crippen LogP contribution in [0.2, 0.25) is 0 Å². The van der Waals surface area contributed by atoms with Crippen molar-refractivity contribution in [1.29, 1.82) is 0 Å². The number of benzene rings is 3. The second-order valence-electron chi connectivity index (χ2n) is 15.4. The highest BCUT2D eigenvalue weighted by molar-refractivity contribution is 7.22. The lowest BCUT2D eigenvalue weighted by molar-refractivity contribution is 0.0394. The molecule has 3 aliphatic rings. The van der Waals surface area contributed by atoms with E-state index in [-0.39, 0.29) is 31.3 Å². The van der Waals surface area contributed by atoms with Gasteiger partial charge in [0, 0.05) is 58.2 Å². The zero-order valence-electron chi connectivity index (χ0n) is 30.1. The lowest BCUT2D eigenvalue weighted by Gasteiger charge is -2.35. The van der Waals surface area contributed by atoms with Crippen molar-refractivity contribution in [2.24, 2.45) is 5.92 Å². The fourth-order valence-electron chi connectivity index (χ4n) is 7.60. The largest absolute Gasteiger partial charge is 0.496 e. The molecular formula is C41H43FN4O5S. The van der Waals surface area contributed by atoms with E-state index in [1.807, 2.05) is 18.2 Å². The number of carbonyl (C=O) groups is 3. The number of carbonyl (C=O) groups excluding carboxylic acids is 3. The monoisotopic (exact) mass is 722 g/mol. The van der Waals surface area contributed by atoms with Crippen LogP contribution in [0.15, 0.2) is 54.6 Å². The molecule has 270 valence electrons. The highest BCUT2D eigenvalue weighted by atomic mass is 32.1. The fourth-order valence-corrected chi connectivity index (χ4v) is 8.89. The summed E-state index contributed by atoms with van der Waals surface area (Å²) in [4.78, 5) is 41.4. The predicted octanol–water partition coefficient (Wildman–Crippen LogP) is 8.24. The first-order valence-corrected chi connectivity index (χ1v) is 18.8. The van der Waals surface area contributed by atoms with Crippen molar-refractivity contribution in [2.75, 3.05) is 20.2 Å². The van der Waals surface area contributed by atoms with E-state index in [1.54, 1.807) is 45.3 Å². The van der Waals surface area contributed by atoms with Crippen LogP contribution in [0.5, 0.6) is 5.75 Å². The molecule has 3 amide bonds. The number of nitrogens with zero attached hydrogens (tertiary/aromatic N) is 2. The molecule has 1 saturated carbocycles. The minimum atomic E-state index is -1.28. The summed E-state index contributed by atoms with van der Waals surface area (Å²) in [7, 11) is 1.60. The second-order valence-corrected chi connectivity index (χ2v) is 16.5. The van der Waals surface area contributed by atoms with Gasteiger partial charge in [-0.15, -0.1) is 11.3 Å². The molecule has 0 radical (unpaired) electrons. The third kappa shape index (κ3) is 6.51. The summed E-state index contributed by atoms with van der Waals surface area (Å²) in [5, 5.41) is 7.75. The Balaban J connectivity index is 1.14. The molecule has 2 aromatic heterocycles. The maximum atomic E-state index is 15.0. The van der Waals surface area contributed by atoms with Crippen LogP contribution in [-0.2, 0) is 17.8 Å². The standard InChI is InChI=1S/C41H43FN4O5S/c1-22-36-34(50-5)15-28(39(48)45-20-29(42)17-30(21-45)44-40(49)51-41(2,3)4)16-35(36)52-37(22)33-14-26-10-8-25(13-32(26)46(33)19-23-6-7-23)24-9-11-27-18-43-38(47)31(27)12-24/h8-16,23,29-30H,6-7,17-21H2,1-5H3,(H,43,47)(H,44,49)/t29-,30-/m1/s1. The van der Waals surface area contributed by atoms with Crippen molar-refractivity contribution >= 4 is 50.2 Å². The average Bonchev–Trinajstić information content (AvgIpc) is 3.63. The van der Waals surface area contributed by atoms with E-state index in [2.05, 4.69) is 52.5 Å². The van der Waals surface area contributed by atoms with Crippen molar-refractivity contribution in [1.82, 2.24) is 20.1 Å². The van der Waals surface area contributed by atoms with Crippen molar-refractivity contribution in [3.05, 3.63) is 76.9 Å². The van der Waals surface area contributed by atoms with Gasteiger partial charge in [-0.25, -0.2) is 9.18 Å². The number of hydrogen-bond donors (Lipinski definition) is 2. The number of aryl methyl sites for hydroxylation is 1. The molecule has 4 heterocycles. The first kappa shape index (κ1) is 34.2. The number of alkyl halides is 1. The third-order valence-corrected chi connectivity index (χ3v) is 11.5. The van der Waals surface area contributed by atoms with Gasteiger partial charge in [-0.2, -0.15) is 0 Å². The van der Waals surface area contributed by atoms with Crippen molar-refractivity contribution in [3.8, 4) is 27.4 Å². The van der Waals surface area contributed by atoms with Gasteiger partial charge in [0.15, 0.2) is 0 Å². The molecule has 2 N–H and O–H groups in total. The summed E-state index contributed by atoms with van der Waals surface area (Å²) in [6, 6.07) is 17.9. The van der Waals surface area contributed by atoms with Crippen molar-refractivity contribution < 1.29 is 28.2 Å². The molecule has 1 saturated heterocycles. The number of fused-ring (bicyclic) bond motifs is 3. The highest BCUT2D eigenvalue weighted by Crippen LogP contribution is 2.46. The summed E-state index contributed by atoms with van der Waals surface area (Å²) in [5.74, 6) is 0.865. The molecule has 0 unspecified atom stereocenters. The zero-order chi connectivity index (χ0) is 36.5. The van der Waals surface area contributed by atoms with E-state index < -0.39 is 23.9 Å². The van der Waals surface area contributed by atoms with Gasteiger partial charge in [0.25, 0.3) is 11.8 Å². The van der Waals surface area contributed by atoms with Crippen LogP contribution in [0, 0.1) is 12.8 Å². The van der Waals surface area contributed by atoms with Gasteiger partial charge in [-0.1, -0.05) is 24.3 Å². The number of aromatic nitrogens is 1. The van der Waals surface area contributed by atoms with Crippen LogP contribution in [0.4, 0.5) is 9.18 Å². The number of thiophene rings is 1. The topological polar surface area (TPSA) is 102 Å².